The molecule has 106 valence electrons. The number of amides is 2. The standard InChI is InChI=1S/C11H10FN3O4S/c12-8-2-1-7(3-9(8)15(18)19)13-10(16)4-14-6-20-5-11(14)17/h1-3H,4-6H2,(H,13,16). The van der Waals surface area contributed by atoms with E-state index >= 15 is 0 Å². The maximum absolute atomic E-state index is 13.1. The Morgan fingerprint density at radius 1 is 1.55 bits per heavy atom. The van der Waals surface area contributed by atoms with E-state index in [1.54, 1.807) is 0 Å². The molecule has 0 unspecified atom stereocenters. The van der Waals surface area contributed by atoms with Gasteiger partial charge in [-0.15, -0.1) is 11.8 Å². The van der Waals surface area contributed by atoms with Crippen LogP contribution >= 0.6 is 11.8 Å². The van der Waals surface area contributed by atoms with Crippen molar-refractivity contribution in [1.29, 1.82) is 0 Å². The zero-order valence-corrected chi connectivity index (χ0v) is 11.0. The van der Waals surface area contributed by atoms with Crippen LogP contribution in [0.25, 0.3) is 0 Å². The minimum atomic E-state index is -0.973. The van der Waals surface area contributed by atoms with Crippen molar-refractivity contribution in [3.8, 4) is 0 Å². The van der Waals surface area contributed by atoms with E-state index in [9.17, 15) is 24.1 Å². The van der Waals surface area contributed by atoms with Gasteiger partial charge in [-0.3, -0.25) is 19.7 Å². The third-order valence-corrected chi connectivity index (χ3v) is 3.53. The first-order valence-corrected chi connectivity index (χ1v) is 6.72. The van der Waals surface area contributed by atoms with E-state index < -0.39 is 22.3 Å². The van der Waals surface area contributed by atoms with Gasteiger partial charge in [0.15, 0.2) is 0 Å². The summed E-state index contributed by atoms with van der Waals surface area (Å²) in [7, 11) is 0. The van der Waals surface area contributed by atoms with Gasteiger partial charge in [-0.25, -0.2) is 0 Å². The van der Waals surface area contributed by atoms with Gasteiger partial charge in [0, 0.05) is 11.8 Å². The Kier molecular flexibility index (Phi) is 4.18. The molecule has 0 spiro atoms. The van der Waals surface area contributed by atoms with Crippen LogP contribution in [0.4, 0.5) is 15.8 Å². The summed E-state index contributed by atoms with van der Waals surface area (Å²) < 4.78 is 13.1. The molecule has 1 aromatic carbocycles. The largest absolute Gasteiger partial charge is 0.324 e. The van der Waals surface area contributed by atoms with Gasteiger partial charge < -0.3 is 10.2 Å². The molecule has 1 heterocycles. The van der Waals surface area contributed by atoms with Gasteiger partial charge in [-0.2, -0.15) is 4.39 Å². The summed E-state index contributed by atoms with van der Waals surface area (Å²) in [5.74, 6) is -0.804. The van der Waals surface area contributed by atoms with Crippen LogP contribution in [-0.2, 0) is 9.59 Å². The highest BCUT2D eigenvalue weighted by Crippen LogP contribution is 2.21. The number of halogens is 1. The average molecular weight is 299 g/mol. The molecule has 1 saturated heterocycles. The highest BCUT2D eigenvalue weighted by molar-refractivity contribution is 8.00. The topological polar surface area (TPSA) is 92.6 Å². The molecule has 7 nitrogen and oxygen atoms in total. The number of hydrogen-bond donors (Lipinski definition) is 1. The Bertz CT molecular complexity index is 581. The molecule has 1 aliphatic heterocycles. The van der Waals surface area contributed by atoms with Gasteiger partial charge in [0.1, 0.15) is 6.54 Å². The molecule has 0 radical (unpaired) electrons. The first-order chi connectivity index (χ1) is 9.47. The van der Waals surface area contributed by atoms with Crippen molar-refractivity contribution in [3.63, 3.8) is 0 Å². The predicted octanol–water partition coefficient (Wildman–Crippen LogP) is 1.21. The molecule has 0 aromatic heterocycles. The van der Waals surface area contributed by atoms with Crippen LogP contribution < -0.4 is 5.32 Å². The quantitative estimate of drug-likeness (QED) is 0.666. The van der Waals surface area contributed by atoms with Crippen LogP contribution in [0.1, 0.15) is 0 Å². The Morgan fingerprint density at radius 3 is 2.90 bits per heavy atom. The number of benzene rings is 1. The number of carbonyl (C=O) groups is 2. The number of thioether (sulfide) groups is 1. The van der Waals surface area contributed by atoms with Gasteiger partial charge in [0.25, 0.3) is 0 Å². The third kappa shape index (κ3) is 3.23. The summed E-state index contributed by atoms with van der Waals surface area (Å²) in [6, 6.07) is 3.07. The van der Waals surface area contributed by atoms with Crippen molar-refractivity contribution in [2.75, 3.05) is 23.5 Å². The predicted molar refractivity (Wildman–Crippen MR) is 70.7 cm³/mol. The average Bonchev–Trinajstić information content (AvgIpc) is 2.77. The number of nitro groups is 1. The Hall–Kier alpha value is -2.16. The molecule has 1 N–H and O–H groups in total. The number of carbonyl (C=O) groups excluding carboxylic acids is 2. The highest BCUT2D eigenvalue weighted by Gasteiger charge is 2.23. The SMILES string of the molecule is O=C(CN1CSCC1=O)Nc1ccc(F)c([N+](=O)[O-])c1. The minimum absolute atomic E-state index is 0.113. The van der Waals surface area contributed by atoms with Crippen LogP contribution in [-0.4, -0.2) is 39.8 Å². The second-order valence-corrected chi connectivity index (χ2v) is 5.00. The number of anilines is 1. The lowest BCUT2D eigenvalue weighted by molar-refractivity contribution is -0.387. The van der Waals surface area contributed by atoms with Crippen LogP contribution in [0, 0.1) is 15.9 Å². The van der Waals surface area contributed by atoms with E-state index in [-0.39, 0.29) is 18.1 Å². The van der Waals surface area contributed by atoms with Gasteiger partial charge in [-0.05, 0) is 12.1 Å². The molecular weight excluding hydrogens is 289 g/mol. The Labute approximate surface area is 117 Å². The second kappa shape index (κ2) is 5.87. The zero-order valence-electron chi connectivity index (χ0n) is 10.2. The van der Waals surface area contributed by atoms with Gasteiger partial charge in [-0.1, -0.05) is 0 Å². The molecule has 0 aliphatic carbocycles. The molecule has 0 bridgehead atoms. The van der Waals surface area contributed by atoms with Crippen molar-refractivity contribution in [2.24, 2.45) is 0 Å². The maximum atomic E-state index is 13.1. The molecule has 1 aliphatic rings. The lowest BCUT2D eigenvalue weighted by atomic mass is 10.2. The normalized spacial score (nSPS) is 14.4. The molecule has 0 saturated carbocycles. The van der Waals surface area contributed by atoms with Crippen molar-refractivity contribution in [1.82, 2.24) is 4.90 Å². The molecule has 9 heteroatoms. The van der Waals surface area contributed by atoms with Crippen molar-refractivity contribution in [2.45, 2.75) is 0 Å². The molecule has 1 fully saturated rings. The molecular formula is C11H10FN3O4S. The second-order valence-electron chi connectivity index (χ2n) is 4.04. The molecule has 2 amide bonds. The van der Waals surface area contributed by atoms with Crippen LogP contribution in [0.2, 0.25) is 0 Å². The van der Waals surface area contributed by atoms with Crippen LogP contribution in [0.5, 0.6) is 0 Å². The lowest BCUT2D eigenvalue weighted by Crippen LogP contribution is -2.34. The van der Waals surface area contributed by atoms with E-state index in [1.165, 1.54) is 22.7 Å². The minimum Gasteiger partial charge on any atom is -0.324 e. The van der Waals surface area contributed by atoms with E-state index in [4.69, 9.17) is 0 Å². The Balaban J connectivity index is 2.02. The summed E-state index contributed by atoms with van der Waals surface area (Å²) >= 11 is 1.40. The summed E-state index contributed by atoms with van der Waals surface area (Å²) in [5.41, 5.74) is -0.599. The first-order valence-electron chi connectivity index (χ1n) is 5.56. The number of rotatable bonds is 4. The number of nitro benzene ring substituents is 1. The van der Waals surface area contributed by atoms with Crippen molar-refractivity contribution in [3.05, 3.63) is 34.1 Å². The smallest absolute Gasteiger partial charge is 0.306 e. The first kappa shape index (κ1) is 14.3. The van der Waals surface area contributed by atoms with Crippen LogP contribution in [0.15, 0.2) is 18.2 Å². The summed E-state index contributed by atoms with van der Waals surface area (Å²) in [6.07, 6.45) is 0. The highest BCUT2D eigenvalue weighted by atomic mass is 32.2. The summed E-state index contributed by atoms with van der Waals surface area (Å²) in [5, 5.41) is 13.0. The van der Waals surface area contributed by atoms with Gasteiger partial charge in [0.05, 0.1) is 16.6 Å². The van der Waals surface area contributed by atoms with E-state index in [0.29, 0.717) is 11.6 Å². The van der Waals surface area contributed by atoms with E-state index in [0.717, 1.165) is 12.1 Å². The number of hydrogen-bond acceptors (Lipinski definition) is 5. The fourth-order valence-corrected chi connectivity index (χ4v) is 2.55. The van der Waals surface area contributed by atoms with E-state index in [2.05, 4.69) is 5.32 Å². The van der Waals surface area contributed by atoms with Crippen molar-refractivity contribution >= 4 is 35.0 Å². The molecule has 1 aromatic rings. The van der Waals surface area contributed by atoms with Gasteiger partial charge in [0.2, 0.25) is 17.6 Å². The number of nitrogens with one attached hydrogen (secondary N) is 1. The van der Waals surface area contributed by atoms with E-state index in [1.807, 2.05) is 0 Å². The number of nitrogens with zero attached hydrogens (tertiary/aromatic N) is 2. The summed E-state index contributed by atoms with van der Waals surface area (Å²) in [6.45, 7) is -0.128. The van der Waals surface area contributed by atoms with Crippen molar-refractivity contribution < 1.29 is 18.9 Å². The van der Waals surface area contributed by atoms with Gasteiger partial charge >= 0.3 is 5.69 Å². The van der Waals surface area contributed by atoms with Crippen LogP contribution in [0.3, 0.4) is 0 Å². The molecule has 2 rings (SSSR count). The maximum Gasteiger partial charge on any atom is 0.306 e. The molecule has 0 atom stereocenters. The lowest BCUT2D eigenvalue weighted by Gasteiger charge is -2.14. The Morgan fingerprint density at radius 2 is 2.30 bits per heavy atom. The third-order valence-electron chi connectivity index (χ3n) is 2.59. The zero-order chi connectivity index (χ0) is 14.7. The fourth-order valence-electron chi connectivity index (χ4n) is 1.64. The summed E-state index contributed by atoms with van der Waals surface area (Å²) in [4.78, 5) is 34.1. The fraction of sp³-hybridized carbons (Fsp3) is 0.273. The monoisotopic (exact) mass is 299 g/mol. The molecule has 20 heavy (non-hydrogen) atoms.